The van der Waals surface area contributed by atoms with Gasteiger partial charge in [-0.1, -0.05) is 0 Å². The van der Waals surface area contributed by atoms with Crippen LogP contribution in [-0.4, -0.2) is 20.0 Å². The molecule has 0 N–H and O–H groups in total. The van der Waals surface area contributed by atoms with Gasteiger partial charge in [-0.15, -0.1) is 0 Å². The number of hydrogen-bond acceptors (Lipinski definition) is 4. The van der Waals surface area contributed by atoms with Gasteiger partial charge in [-0.25, -0.2) is 0 Å². The molecular formula is C18H24O4SiTi. The second-order valence-electron chi connectivity index (χ2n) is 6.89. The molecule has 0 aromatic rings. The van der Waals surface area contributed by atoms with E-state index in [0.29, 0.717) is 12.8 Å². The Labute approximate surface area is 148 Å². The first-order chi connectivity index (χ1) is 11.4. The van der Waals surface area contributed by atoms with Crippen molar-refractivity contribution in [3.8, 4) is 0 Å². The van der Waals surface area contributed by atoms with Gasteiger partial charge in [-0.3, -0.25) is 0 Å². The minimum atomic E-state index is -3.89. The van der Waals surface area contributed by atoms with Gasteiger partial charge in [0.1, 0.15) is 0 Å². The molecule has 1 aliphatic heterocycles. The number of allylic oxidation sites excluding steroid dienone is 8. The molecule has 128 valence electrons. The van der Waals surface area contributed by atoms with Crippen LogP contribution in [0.3, 0.4) is 0 Å². The van der Waals surface area contributed by atoms with Crippen LogP contribution in [0.5, 0.6) is 0 Å². The first-order valence-electron chi connectivity index (χ1n) is 8.61. The number of hydrogen-bond donors (Lipinski definition) is 0. The third-order valence-electron chi connectivity index (χ3n) is 5.10. The first-order valence-corrected chi connectivity index (χ1v) is 14.5. The molecule has 4 nitrogen and oxygen atoms in total. The van der Waals surface area contributed by atoms with E-state index in [2.05, 4.69) is 37.4 Å². The molecule has 0 aromatic heterocycles. The van der Waals surface area contributed by atoms with Gasteiger partial charge in [-0.05, 0) is 0 Å². The molecule has 0 bridgehead atoms. The Balaban J connectivity index is 2.20. The molecule has 3 rings (SSSR count). The van der Waals surface area contributed by atoms with Crippen molar-refractivity contribution in [2.24, 2.45) is 0 Å². The quantitative estimate of drug-likeness (QED) is 0.689. The molecule has 0 fully saturated rings. The maximum absolute atomic E-state index is 12.3. The second kappa shape index (κ2) is 6.28. The van der Waals surface area contributed by atoms with Crippen molar-refractivity contribution >= 4 is 20.0 Å². The van der Waals surface area contributed by atoms with Gasteiger partial charge in [0.2, 0.25) is 0 Å². The third-order valence-corrected chi connectivity index (χ3v) is 15.1. The van der Waals surface area contributed by atoms with Gasteiger partial charge < -0.3 is 0 Å². The van der Waals surface area contributed by atoms with E-state index in [0.717, 1.165) is 20.6 Å². The molecule has 3 aliphatic rings. The van der Waals surface area contributed by atoms with Gasteiger partial charge in [-0.2, -0.15) is 0 Å². The predicted octanol–water partition coefficient (Wildman–Crippen LogP) is 4.11. The average Bonchev–Trinajstić information content (AvgIpc) is 3.22. The topological polar surface area (TPSA) is 52.6 Å². The number of carbonyl (C=O) groups is 2. The summed E-state index contributed by atoms with van der Waals surface area (Å²) in [5.74, 6) is -0.532. The summed E-state index contributed by atoms with van der Waals surface area (Å²) >= 11 is -3.89. The van der Waals surface area contributed by atoms with Gasteiger partial charge in [0.05, 0.1) is 0 Å². The summed E-state index contributed by atoms with van der Waals surface area (Å²) in [7, 11) is -1.81. The number of rotatable bonds is 4. The van der Waals surface area contributed by atoms with Crippen molar-refractivity contribution in [1.82, 2.24) is 0 Å². The van der Waals surface area contributed by atoms with E-state index in [-0.39, 0.29) is 11.9 Å². The molecule has 0 atom stereocenters. The molecule has 0 saturated heterocycles. The molecule has 0 unspecified atom stereocenters. The predicted molar refractivity (Wildman–Crippen MR) is 91.8 cm³/mol. The zero-order valence-electron chi connectivity index (χ0n) is 14.8. The van der Waals surface area contributed by atoms with Gasteiger partial charge in [0.25, 0.3) is 0 Å². The Morgan fingerprint density at radius 3 is 1.75 bits per heavy atom. The Kier molecular flexibility index (Phi) is 4.62. The molecule has 24 heavy (non-hydrogen) atoms. The van der Waals surface area contributed by atoms with Crippen molar-refractivity contribution < 1.29 is 33.6 Å². The standard InChI is InChI=1S/C12H14Si.2C3H6O2.Ti/c1-13(2,11-7-3-4-8-11)12-9-5-6-10-12;2*1-2-3(4)5;/h3,5,7,9H,4,6H2,1-2H3;2*2H2,1H3,(H,4,5);/q;;;+2/p-2. The SMILES string of the molecule is CCC(=O)[O][Ti]1([O]C(=O)CC)[C]2=C(C=CC2)[Si](C)(C)C2=[C]1CC=C2. The van der Waals surface area contributed by atoms with Crippen LogP contribution >= 0.6 is 0 Å². The van der Waals surface area contributed by atoms with Gasteiger partial charge >= 0.3 is 149 Å². The van der Waals surface area contributed by atoms with Crippen LogP contribution in [0.1, 0.15) is 39.5 Å². The minimum absolute atomic E-state index is 0.266. The summed E-state index contributed by atoms with van der Waals surface area (Å²) in [5, 5.41) is 2.61. The van der Waals surface area contributed by atoms with E-state index < -0.39 is 25.4 Å². The van der Waals surface area contributed by atoms with E-state index in [1.165, 1.54) is 10.4 Å². The molecule has 6 heteroatoms. The fraction of sp³-hybridized carbons (Fsp3) is 0.444. The molecule has 0 saturated carbocycles. The summed E-state index contributed by atoms with van der Waals surface area (Å²) in [5.41, 5.74) is 0. The molecule has 0 spiro atoms. The molecule has 2 aliphatic carbocycles. The Morgan fingerprint density at radius 1 is 0.958 bits per heavy atom. The van der Waals surface area contributed by atoms with E-state index >= 15 is 0 Å². The summed E-state index contributed by atoms with van der Waals surface area (Å²) in [6, 6.07) is 0. The zero-order valence-corrected chi connectivity index (χ0v) is 17.3. The number of carbonyl (C=O) groups excluding carboxylic acids is 2. The normalized spacial score (nSPS) is 22.5. The fourth-order valence-electron chi connectivity index (χ4n) is 3.86. The van der Waals surface area contributed by atoms with E-state index in [4.69, 9.17) is 6.64 Å². The zero-order chi connectivity index (χ0) is 17.5. The maximum atomic E-state index is 12.3. The second-order valence-corrected chi connectivity index (χ2v) is 15.7. The van der Waals surface area contributed by atoms with E-state index in [1.807, 2.05) is 0 Å². The fourth-order valence-corrected chi connectivity index (χ4v) is 16.7. The Bertz CT molecular complexity index is 667. The van der Waals surface area contributed by atoms with Gasteiger partial charge in [0.15, 0.2) is 0 Å². The van der Waals surface area contributed by atoms with Crippen LogP contribution < -0.4 is 0 Å². The van der Waals surface area contributed by atoms with Crippen molar-refractivity contribution in [3.05, 3.63) is 42.5 Å². The monoisotopic (exact) mass is 380 g/mol. The Hall–Kier alpha value is -1.17. The molecular weight excluding hydrogens is 356 g/mol. The summed E-state index contributed by atoms with van der Waals surface area (Å²) in [6.45, 7) is 8.23. The van der Waals surface area contributed by atoms with Crippen molar-refractivity contribution in [2.45, 2.75) is 52.6 Å². The molecule has 1 heterocycles. The molecule has 0 radical (unpaired) electrons. The summed E-state index contributed by atoms with van der Waals surface area (Å²) < 4.78 is 14.4. The summed E-state index contributed by atoms with van der Waals surface area (Å²) in [6.07, 6.45) is 10.7. The van der Waals surface area contributed by atoms with Crippen LogP contribution in [-0.2, 0) is 33.6 Å². The van der Waals surface area contributed by atoms with Crippen LogP contribution in [0.4, 0.5) is 0 Å². The third kappa shape index (κ3) is 2.54. The van der Waals surface area contributed by atoms with Crippen molar-refractivity contribution in [1.29, 1.82) is 0 Å². The van der Waals surface area contributed by atoms with Crippen LogP contribution in [0, 0.1) is 0 Å². The first kappa shape index (κ1) is 17.6. The van der Waals surface area contributed by atoms with Crippen LogP contribution in [0.15, 0.2) is 42.5 Å². The molecule has 0 amide bonds. The van der Waals surface area contributed by atoms with E-state index in [1.54, 1.807) is 13.8 Å². The van der Waals surface area contributed by atoms with Crippen molar-refractivity contribution in [2.75, 3.05) is 0 Å². The summed E-state index contributed by atoms with van der Waals surface area (Å²) in [4.78, 5) is 24.5. The average molecular weight is 380 g/mol. The van der Waals surface area contributed by atoms with Crippen LogP contribution in [0.2, 0.25) is 13.1 Å². The van der Waals surface area contributed by atoms with Crippen LogP contribution in [0.25, 0.3) is 0 Å². The van der Waals surface area contributed by atoms with Crippen molar-refractivity contribution in [3.63, 3.8) is 0 Å². The molecule has 0 aromatic carbocycles. The Morgan fingerprint density at radius 2 is 1.38 bits per heavy atom. The van der Waals surface area contributed by atoms with E-state index in [9.17, 15) is 9.59 Å². The van der Waals surface area contributed by atoms with Gasteiger partial charge in [0, 0.05) is 0 Å².